The maximum Gasteiger partial charge on any atom is 0.231 e. The second kappa shape index (κ2) is 7.60. The average Bonchev–Trinajstić information content (AvgIpc) is 3.37. The van der Waals surface area contributed by atoms with E-state index in [-0.39, 0.29) is 30.6 Å². The molecule has 0 saturated carbocycles. The minimum Gasteiger partial charge on any atom is -0.454 e. The number of benzene rings is 1. The number of thiophene rings is 1. The number of likely N-dealkylation sites (tertiary alicyclic amines) is 1. The molecule has 0 bridgehead atoms. The van der Waals surface area contributed by atoms with Crippen molar-refractivity contribution in [1.29, 1.82) is 0 Å². The molecule has 0 spiro atoms. The number of nitrogens with one attached hydrogen (secondary N) is 1. The predicted octanol–water partition coefficient (Wildman–Crippen LogP) is 2.94. The fourth-order valence-corrected chi connectivity index (χ4v) is 4.39. The maximum atomic E-state index is 12.9. The van der Waals surface area contributed by atoms with E-state index in [1.165, 1.54) is 0 Å². The number of hydrogen-bond donors (Lipinski definition) is 1. The van der Waals surface area contributed by atoms with Crippen LogP contribution >= 0.6 is 11.3 Å². The fourth-order valence-electron chi connectivity index (χ4n) is 3.58. The number of nitrogens with zero attached hydrogens (tertiary/aromatic N) is 1. The van der Waals surface area contributed by atoms with E-state index in [0.717, 1.165) is 16.2 Å². The SMILES string of the molecule is CC(=O)N1CCC(C(=O)NC(c2ccc3c(c2)OCO3)c2cccs2)CC1. The van der Waals surface area contributed by atoms with Crippen LogP contribution in [0.25, 0.3) is 0 Å². The molecule has 1 N–H and O–H groups in total. The number of carbonyl (C=O) groups excluding carboxylic acids is 2. The topological polar surface area (TPSA) is 67.9 Å². The number of hydrogen-bond acceptors (Lipinski definition) is 5. The zero-order valence-corrected chi connectivity index (χ0v) is 16.0. The normalized spacial score (nSPS) is 17.6. The molecule has 1 unspecified atom stereocenters. The Kier molecular flexibility index (Phi) is 5.03. The highest BCUT2D eigenvalue weighted by Crippen LogP contribution is 2.36. The number of rotatable bonds is 4. The van der Waals surface area contributed by atoms with Crippen LogP contribution in [0.5, 0.6) is 11.5 Å². The Hall–Kier alpha value is -2.54. The third-order valence-electron chi connectivity index (χ3n) is 5.16. The third-order valence-corrected chi connectivity index (χ3v) is 6.09. The summed E-state index contributed by atoms with van der Waals surface area (Å²) >= 11 is 1.61. The van der Waals surface area contributed by atoms with Crippen LogP contribution in [0, 0.1) is 5.92 Å². The molecule has 3 heterocycles. The van der Waals surface area contributed by atoms with Crippen molar-refractivity contribution in [1.82, 2.24) is 10.2 Å². The first-order chi connectivity index (χ1) is 13.1. The summed E-state index contributed by atoms with van der Waals surface area (Å²) in [7, 11) is 0. The number of fused-ring (bicyclic) bond motifs is 1. The molecule has 2 aliphatic rings. The molecule has 1 fully saturated rings. The van der Waals surface area contributed by atoms with Gasteiger partial charge in [0.2, 0.25) is 18.6 Å². The zero-order valence-electron chi connectivity index (χ0n) is 15.1. The summed E-state index contributed by atoms with van der Waals surface area (Å²) in [5.41, 5.74) is 0.969. The van der Waals surface area contributed by atoms with Crippen molar-refractivity contribution in [2.75, 3.05) is 19.9 Å². The first-order valence-electron chi connectivity index (χ1n) is 9.10. The Morgan fingerprint density at radius 1 is 1.19 bits per heavy atom. The minimum atomic E-state index is -0.224. The largest absolute Gasteiger partial charge is 0.454 e. The Balaban J connectivity index is 1.51. The van der Waals surface area contributed by atoms with E-state index in [1.807, 2.05) is 35.7 Å². The van der Waals surface area contributed by atoms with E-state index < -0.39 is 0 Å². The standard InChI is InChI=1S/C20H22N2O4S/c1-13(23)22-8-6-14(7-9-22)20(24)21-19(18-3-2-10-27-18)15-4-5-16-17(11-15)26-12-25-16/h2-5,10-11,14,19H,6-9,12H2,1H3,(H,21,24). The van der Waals surface area contributed by atoms with Crippen molar-refractivity contribution < 1.29 is 19.1 Å². The van der Waals surface area contributed by atoms with Gasteiger partial charge in [0.1, 0.15) is 0 Å². The van der Waals surface area contributed by atoms with Crippen molar-refractivity contribution in [3.05, 3.63) is 46.2 Å². The lowest BCUT2D eigenvalue weighted by Crippen LogP contribution is -2.43. The molecule has 4 rings (SSSR count). The molecule has 2 amide bonds. The lowest BCUT2D eigenvalue weighted by atomic mass is 9.94. The van der Waals surface area contributed by atoms with Crippen LogP contribution in [-0.4, -0.2) is 36.6 Å². The number of piperidine rings is 1. The Morgan fingerprint density at radius 3 is 2.67 bits per heavy atom. The van der Waals surface area contributed by atoms with Gasteiger partial charge in [-0.1, -0.05) is 12.1 Å². The van der Waals surface area contributed by atoms with E-state index in [4.69, 9.17) is 9.47 Å². The van der Waals surface area contributed by atoms with E-state index in [2.05, 4.69) is 5.32 Å². The van der Waals surface area contributed by atoms with E-state index >= 15 is 0 Å². The second-order valence-corrected chi connectivity index (χ2v) is 7.83. The highest BCUT2D eigenvalue weighted by molar-refractivity contribution is 7.10. The lowest BCUT2D eigenvalue weighted by molar-refractivity contribution is -0.134. The summed E-state index contributed by atoms with van der Waals surface area (Å²) in [6, 6.07) is 9.58. The number of amides is 2. The summed E-state index contributed by atoms with van der Waals surface area (Å²) in [5.74, 6) is 1.47. The molecule has 1 saturated heterocycles. The maximum absolute atomic E-state index is 12.9. The van der Waals surface area contributed by atoms with Crippen LogP contribution < -0.4 is 14.8 Å². The van der Waals surface area contributed by atoms with Gasteiger partial charge in [-0.05, 0) is 42.0 Å². The van der Waals surface area contributed by atoms with Gasteiger partial charge < -0.3 is 19.7 Å². The Morgan fingerprint density at radius 2 is 1.96 bits per heavy atom. The molecule has 27 heavy (non-hydrogen) atoms. The molecule has 142 valence electrons. The van der Waals surface area contributed by atoms with Crippen molar-refractivity contribution in [2.45, 2.75) is 25.8 Å². The average molecular weight is 386 g/mol. The second-order valence-electron chi connectivity index (χ2n) is 6.85. The monoisotopic (exact) mass is 386 g/mol. The van der Waals surface area contributed by atoms with Gasteiger partial charge in [0.25, 0.3) is 0 Å². The molecule has 2 aliphatic heterocycles. The van der Waals surface area contributed by atoms with Crippen LogP contribution in [0.4, 0.5) is 0 Å². The van der Waals surface area contributed by atoms with Gasteiger partial charge in [0, 0.05) is 30.8 Å². The van der Waals surface area contributed by atoms with Gasteiger partial charge in [-0.3, -0.25) is 9.59 Å². The molecular formula is C20H22N2O4S. The van der Waals surface area contributed by atoms with Crippen molar-refractivity contribution in [2.24, 2.45) is 5.92 Å². The van der Waals surface area contributed by atoms with Crippen LogP contribution in [0.2, 0.25) is 0 Å². The predicted molar refractivity (Wildman–Crippen MR) is 102 cm³/mol. The van der Waals surface area contributed by atoms with Gasteiger partial charge in [-0.15, -0.1) is 11.3 Å². The Bertz CT molecular complexity index is 829. The van der Waals surface area contributed by atoms with Gasteiger partial charge in [0.05, 0.1) is 6.04 Å². The number of carbonyl (C=O) groups is 2. The van der Waals surface area contributed by atoms with Gasteiger partial charge in [-0.25, -0.2) is 0 Å². The van der Waals surface area contributed by atoms with Crippen LogP contribution in [0.3, 0.4) is 0 Å². The molecule has 1 atom stereocenters. The van der Waals surface area contributed by atoms with Crippen LogP contribution in [-0.2, 0) is 9.59 Å². The number of ether oxygens (including phenoxy) is 2. The third kappa shape index (κ3) is 3.78. The molecule has 1 aromatic heterocycles. The summed E-state index contributed by atoms with van der Waals surface area (Å²) in [5, 5.41) is 5.22. The summed E-state index contributed by atoms with van der Waals surface area (Å²) in [6.07, 6.45) is 1.40. The molecule has 6 nitrogen and oxygen atoms in total. The van der Waals surface area contributed by atoms with Crippen molar-refractivity contribution >= 4 is 23.2 Å². The van der Waals surface area contributed by atoms with Crippen molar-refractivity contribution in [3.8, 4) is 11.5 Å². The van der Waals surface area contributed by atoms with Gasteiger partial charge in [0.15, 0.2) is 11.5 Å². The Labute approximate surface area is 162 Å². The molecule has 0 radical (unpaired) electrons. The van der Waals surface area contributed by atoms with Gasteiger partial charge >= 0.3 is 0 Å². The first-order valence-corrected chi connectivity index (χ1v) is 9.98. The summed E-state index contributed by atoms with van der Waals surface area (Å²) in [4.78, 5) is 27.3. The molecule has 0 aliphatic carbocycles. The molecular weight excluding hydrogens is 364 g/mol. The quantitative estimate of drug-likeness (QED) is 0.877. The molecule has 1 aromatic carbocycles. The summed E-state index contributed by atoms with van der Waals surface area (Å²) < 4.78 is 10.9. The minimum absolute atomic E-state index is 0.0364. The van der Waals surface area contributed by atoms with Crippen LogP contribution in [0.1, 0.15) is 36.2 Å². The zero-order chi connectivity index (χ0) is 18.8. The smallest absolute Gasteiger partial charge is 0.231 e. The van der Waals surface area contributed by atoms with E-state index in [1.54, 1.807) is 23.2 Å². The highest BCUT2D eigenvalue weighted by Gasteiger charge is 2.29. The summed E-state index contributed by atoms with van der Waals surface area (Å²) in [6.45, 7) is 3.08. The fraction of sp³-hybridized carbons (Fsp3) is 0.400. The molecule has 7 heteroatoms. The molecule has 2 aromatic rings. The van der Waals surface area contributed by atoms with Gasteiger partial charge in [-0.2, -0.15) is 0 Å². The van der Waals surface area contributed by atoms with E-state index in [0.29, 0.717) is 31.7 Å². The van der Waals surface area contributed by atoms with Crippen molar-refractivity contribution in [3.63, 3.8) is 0 Å². The highest BCUT2D eigenvalue weighted by atomic mass is 32.1. The first kappa shape index (κ1) is 17.9. The van der Waals surface area contributed by atoms with Crippen LogP contribution in [0.15, 0.2) is 35.7 Å². The van der Waals surface area contributed by atoms with E-state index in [9.17, 15) is 9.59 Å². The lowest BCUT2D eigenvalue weighted by Gasteiger charge is -2.31.